The van der Waals surface area contributed by atoms with Gasteiger partial charge in [0.15, 0.2) is 9.84 Å². The number of anilines is 1. The number of halogens is 2. The van der Waals surface area contributed by atoms with E-state index in [4.69, 9.17) is 11.6 Å². The molecule has 2 bridgehead atoms. The first-order valence-corrected chi connectivity index (χ1v) is 14.2. The van der Waals surface area contributed by atoms with Crippen molar-refractivity contribution >= 4 is 43.9 Å². The van der Waals surface area contributed by atoms with Gasteiger partial charge in [0.05, 0.1) is 32.4 Å². The number of fused-ring (bicyclic) bond motifs is 3. The summed E-state index contributed by atoms with van der Waals surface area (Å²) in [6.45, 7) is 6.77. The number of aryl methyl sites for hydroxylation is 1. The van der Waals surface area contributed by atoms with Crippen LogP contribution in [0.15, 0.2) is 47.5 Å². The van der Waals surface area contributed by atoms with Crippen molar-refractivity contribution < 1.29 is 17.6 Å². The molecule has 6 nitrogen and oxygen atoms in total. The molecule has 2 atom stereocenters. The standard InChI is InChI=1S/C27H31ClFN3O3S/c1-27(2,3)16-36(34,35)21-11-17-9-10-30(4)25(17)24(13-21)32-19-6-7-20(32)15-31(14-19)26(33)22-8-5-18(29)12-23(22)28/h5,8-13,19-20H,6-7,14-16H2,1-4H3/t19-,20+. The molecule has 0 N–H and O–H groups in total. The Labute approximate surface area is 216 Å². The molecule has 1 aromatic heterocycles. The minimum absolute atomic E-state index is 0.0468. The van der Waals surface area contributed by atoms with Crippen molar-refractivity contribution in [3.63, 3.8) is 0 Å². The third kappa shape index (κ3) is 4.50. The smallest absolute Gasteiger partial charge is 0.255 e. The van der Waals surface area contributed by atoms with Crippen molar-refractivity contribution in [1.82, 2.24) is 9.47 Å². The Hall–Kier alpha value is -2.58. The van der Waals surface area contributed by atoms with E-state index in [0.29, 0.717) is 23.5 Å². The number of hydrogen-bond acceptors (Lipinski definition) is 4. The number of carbonyl (C=O) groups is 1. The number of aromatic nitrogens is 1. The maximum absolute atomic E-state index is 13.5. The molecular weight excluding hydrogens is 501 g/mol. The fraction of sp³-hybridized carbons (Fsp3) is 0.444. The third-order valence-electron chi connectivity index (χ3n) is 7.11. The summed E-state index contributed by atoms with van der Waals surface area (Å²) >= 11 is 6.18. The molecule has 9 heteroatoms. The number of amides is 1. The zero-order chi connectivity index (χ0) is 26.0. The first-order valence-electron chi connectivity index (χ1n) is 12.2. The van der Waals surface area contributed by atoms with Gasteiger partial charge >= 0.3 is 0 Å². The van der Waals surface area contributed by atoms with E-state index in [-0.39, 0.29) is 34.2 Å². The van der Waals surface area contributed by atoms with Crippen LogP contribution in [0.25, 0.3) is 10.9 Å². The van der Waals surface area contributed by atoms with Crippen molar-refractivity contribution in [2.45, 2.75) is 50.6 Å². The lowest BCUT2D eigenvalue weighted by molar-refractivity contribution is 0.0718. The number of nitrogens with zero attached hydrogens (tertiary/aromatic N) is 3. The lowest BCUT2D eigenvalue weighted by Crippen LogP contribution is -2.55. The Morgan fingerprint density at radius 2 is 1.75 bits per heavy atom. The summed E-state index contributed by atoms with van der Waals surface area (Å²) in [6, 6.07) is 9.49. The van der Waals surface area contributed by atoms with Crippen molar-refractivity contribution in [2.24, 2.45) is 12.5 Å². The fourth-order valence-corrected chi connectivity index (χ4v) is 7.87. The van der Waals surface area contributed by atoms with Crippen LogP contribution in [0.2, 0.25) is 5.02 Å². The predicted molar refractivity (Wildman–Crippen MR) is 141 cm³/mol. The summed E-state index contributed by atoms with van der Waals surface area (Å²) in [5.41, 5.74) is 1.82. The number of likely N-dealkylation sites (tertiary alicyclic amines) is 1. The lowest BCUT2D eigenvalue weighted by Gasteiger charge is -2.43. The van der Waals surface area contributed by atoms with Gasteiger partial charge in [-0.1, -0.05) is 32.4 Å². The van der Waals surface area contributed by atoms with Gasteiger partial charge < -0.3 is 14.4 Å². The molecule has 2 saturated heterocycles. The molecule has 0 unspecified atom stereocenters. The second-order valence-electron chi connectivity index (χ2n) is 11.3. The average molecular weight is 532 g/mol. The molecule has 2 fully saturated rings. The van der Waals surface area contributed by atoms with Crippen LogP contribution in [-0.2, 0) is 16.9 Å². The maximum atomic E-state index is 13.5. The van der Waals surface area contributed by atoms with Crippen molar-refractivity contribution in [3.8, 4) is 0 Å². The van der Waals surface area contributed by atoms with E-state index in [1.54, 1.807) is 11.0 Å². The van der Waals surface area contributed by atoms with Crippen LogP contribution in [0.4, 0.5) is 10.1 Å². The normalized spacial score (nSPS) is 20.4. The monoisotopic (exact) mass is 531 g/mol. The molecule has 1 amide bonds. The zero-order valence-corrected chi connectivity index (χ0v) is 22.5. The van der Waals surface area contributed by atoms with Crippen LogP contribution in [0, 0.1) is 11.2 Å². The van der Waals surface area contributed by atoms with Gasteiger partial charge in [0.25, 0.3) is 5.91 Å². The van der Waals surface area contributed by atoms with Gasteiger partial charge in [-0.25, -0.2) is 12.8 Å². The first kappa shape index (κ1) is 25.1. The van der Waals surface area contributed by atoms with E-state index in [2.05, 4.69) is 4.90 Å². The van der Waals surface area contributed by atoms with E-state index in [0.717, 1.165) is 35.5 Å². The highest BCUT2D eigenvalue weighted by atomic mass is 35.5. The molecule has 2 aromatic carbocycles. The summed E-state index contributed by atoms with van der Waals surface area (Å²) in [4.78, 5) is 17.7. The number of piperazine rings is 1. The molecule has 0 saturated carbocycles. The summed E-state index contributed by atoms with van der Waals surface area (Å²) in [6.07, 6.45) is 3.75. The number of hydrogen-bond donors (Lipinski definition) is 0. The summed E-state index contributed by atoms with van der Waals surface area (Å²) in [7, 11) is -1.52. The number of benzene rings is 2. The second-order valence-corrected chi connectivity index (χ2v) is 13.6. The van der Waals surface area contributed by atoms with E-state index >= 15 is 0 Å². The number of carbonyl (C=O) groups excluding carboxylic acids is 1. The Balaban J connectivity index is 1.51. The first-order chi connectivity index (χ1) is 16.8. The third-order valence-corrected chi connectivity index (χ3v) is 9.63. The molecule has 0 spiro atoms. The largest absolute Gasteiger partial charge is 0.360 e. The van der Waals surface area contributed by atoms with Crippen molar-refractivity contribution in [2.75, 3.05) is 23.7 Å². The molecule has 2 aliphatic heterocycles. The van der Waals surface area contributed by atoms with Gasteiger partial charge in [0, 0.05) is 43.8 Å². The molecule has 3 heterocycles. The molecule has 2 aliphatic rings. The predicted octanol–water partition coefficient (Wildman–Crippen LogP) is 5.28. The average Bonchev–Trinajstić information content (AvgIpc) is 3.27. The highest BCUT2D eigenvalue weighted by molar-refractivity contribution is 7.91. The lowest BCUT2D eigenvalue weighted by atomic mass is 10.0. The molecule has 0 radical (unpaired) electrons. The van der Waals surface area contributed by atoms with Crippen LogP contribution in [0.5, 0.6) is 0 Å². The molecule has 5 rings (SSSR count). The SMILES string of the molecule is Cn1ccc2cc(S(=O)(=O)CC(C)(C)C)cc(N3[C@@H]4CC[C@H]3CN(C(=O)c3ccc(F)cc3Cl)C4)c21. The van der Waals surface area contributed by atoms with Gasteiger partial charge in [-0.15, -0.1) is 0 Å². The molecule has 3 aromatic rings. The van der Waals surface area contributed by atoms with Crippen molar-refractivity contribution in [1.29, 1.82) is 0 Å². The van der Waals surface area contributed by atoms with E-state index in [1.165, 1.54) is 12.1 Å². The van der Waals surface area contributed by atoms with Crippen LogP contribution in [0.1, 0.15) is 44.0 Å². The van der Waals surface area contributed by atoms with Gasteiger partial charge in [0.1, 0.15) is 5.82 Å². The van der Waals surface area contributed by atoms with Gasteiger partial charge in [-0.05, 0) is 54.7 Å². The van der Waals surface area contributed by atoms with Gasteiger partial charge in [0.2, 0.25) is 0 Å². The minimum atomic E-state index is -3.49. The van der Waals surface area contributed by atoms with E-state index in [1.807, 2.05) is 50.7 Å². The van der Waals surface area contributed by atoms with Crippen LogP contribution < -0.4 is 4.90 Å². The van der Waals surface area contributed by atoms with Crippen molar-refractivity contribution in [3.05, 3.63) is 59.0 Å². The zero-order valence-electron chi connectivity index (χ0n) is 21.0. The number of sulfone groups is 1. The molecule has 192 valence electrons. The summed E-state index contributed by atoms with van der Waals surface area (Å²) in [5.74, 6) is -0.623. The summed E-state index contributed by atoms with van der Waals surface area (Å²) < 4.78 is 42.2. The number of rotatable bonds is 4. The molecule has 0 aliphatic carbocycles. The maximum Gasteiger partial charge on any atom is 0.255 e. The quantitative estimate of drug-likeness (QED) is 0.459. The Bertz CT molecular complexity index is 1450. The molecule has 36 heavy (non-hydrogen) atoms. The van der Waals surface area contributed by atoms with E-state index < -0.39 is 15.7 Å². The van der Waals surface area contributed by atoms with E-state index in [9.17, 15) is 17.6 Å². The second kappa shape index (κ2) is 8.77. The Morgan fingerprint density at radius 3 is 2.36 bits per heavy atom. The van der Waals surface area contributed by atoms with Crippen LogP contribution >= 0.6 is 11.6 Å². The summed E-state index contributed by atoms with van der Waals surface area (Å²) in [5, 5.41) is 0.996. The minimum Gasteiger partial charge on any atom is -0.360 e. The molecular formula is C27H31ClFN3O3S. The Morgan fingerprint density at radius 1 is 1.08 bits per heavy atom. The Kier molecular flexibility index (Phi) is 6.11. The fourth-order valence-electron chi connectivity index (χ4n) is 5.72. The highest BCUT2D eigenvalue weighted by Gasteiger charge is 2.43. The topological polar surface area (TPSA) is 62.6 Å². The highest BCUT2D eigenvalue weighted by Crippen LogP contribution is 2.41. The van der Waals surface area contributed by atoms with Gasteiger partial charge in [-0.2, -0.15) is 0 Å². The van der Waals surface area contributed by atoms with Crippen LogP contribution in [0.3, 0.4) is 0 Å². The van der Waals surface area contributed by atoms with Crippen LogP contribution in [-0.4, -0.2) is 54.7 Å². The van der Waals surface area contributed by atoms with Gasteiger partial charge in [-0.3, -0.25) is 4.79 Å².